The van der Waals surface area contributed by atoms with Gasteiger partial charge in [-0.15, -0.1) is 0 Å². The smallest absolute Gasteiger partial charge is 0.342 e. The van der Waals surface area contributed by atoms with Crippen molar-refractivity contribution in [2.45, 2.75) is 25.7 Å². The Hall–Kier alpha value is -1.80. The van der Waals surface area contributed by atoms with Gasteiger partial charge in [0.2, 0.25) is 14.2 Å². The third-order valence-corrected chi connectivity index (χ3v) is 6.05. The van der Waals surface area contributed by atoms with Gasteiger partial charge in [0, 0.05) is 18.3 Å². The van der Waals surface area contributed by atoms with Gasteiger partial charge in [0.05, 0.1) is 6.61 Å². The molecule has 3 rings (SSSR count). The second kappa shape index (κ2) is 7.44. The Bertz CT molecular complexity index is 831. The minimum atomic E-state index is -2.74. The molecule has 0 radical (unpaired) electrons. The van der Waals surface area contributed by atoms with Crippen LogP contribution in [0, 0.1) is 30.6 Å². The summed E-state index contributed by atoms with van der Waals surface area (Å²) in [6.45, 7) is 2.06. The Morgan fingerprint density at radius 1 is 1.35 bits per heavy atom. The molecule has 0 aromatic carbocycles. The molecule has 9 nitrogen and oxygen atoms in total. The van der Waals surface area contributed by atoms with Crippen molar-refractivity contribution < 1.29 is 24.4 Å². The predicted octanol–water partition coefficient (Wildman–Crippen LogP) is 0.00712. The van der Waals surface area contributed by atoms with Crippen molar-refractivity contribution in [1.29, 1.82) is 0 Å². The number of allylic oxidation sites excluding steroid dienone is 2. The largest absolute Gasteiger partial charge is 0.479 e. The van der Waals surface area contributed by atoms with Crippen molar-refractivity contribution in [2.75, 3.05) is 6.61 Å². The number of H-pyrrole nitrogens is 1. The molecule has 142 valence electrons. The van der Waals surface area contributed by atoms with Gasteiger partial charge in [-0.05, 0) is 37.0 Å². The number of nitrogens with zero attached hydrogens (tertiary/aromatic N) is 1. The van der Waals surface area contributed by atoms with Gasteiger partial charge in [-0.1, -0.05) is 12.2 Å². The first-order valence-corrected chi connectivity index (χ1v) is 9.59. The maximum absolute atomic E-state index is 12.1. The minimum Gasteiger partial charge on any atom is -0.479 e. The molecule has 1 fully saturated rings. The molecule has 5 unspecified atom stereocenters. The number of carboxylic acids is 1. The SMILES string of the molecule is Cc1cn(CC2C3C=CC(C3)C2COC(C(=O)O)P(O)O)c(=O)[nH]c1=O. The van der Waals surface area contributed by atoms with E-state index in [1.807, 2.05) is 0 Å². The van der Waals surface area contributed by atoms with Crippen molar-refractivity contribution >= 4 is 14.3 Å². The lowest BCUT2D eigenvalue weighted by atomic mass is 9.83. The van der Waals surface area contributed by atoms with E-state index in [0.29, 0.717) is 12.1 Å². The number of hydrogen-bond acceptors (Lipinski definition) is 6. The van der Waals surface area contributed by atoms with Crippen LogP contribution < -0.4 is 11.2 Å². The van der Waals surface area contributed by atoms with Gasteiger partial charge in [0.15, 0.2) is 0 Å². The molecule has 4 N–H and O–H groups in total. The van der Waals surface area contributed by atoms with Crippen molar-refractivity contribution in [3.05, 3.63) is 44.8 Å². The van der Waals surface area contributed by atoms with Crippen molar-refractivity contribution in [3.63, 3.8) is 0 Å². The lowest BCUT2D eigenvalue weighted by Crippen LogP contribution is -2.36. The lowest BCUT2D eigenvalue weighted by molar-refractivity contribution is -0.146. The monoisotopic (exact) mass is 384 g/mol. The Morgan fingerprint density at radius 3 is 2.62 bits per heavy atom. The molecule has 1 heterocycles. The third-order valence-electron chi connectivity index (χ3n) is 5.26. The molecule has 26 heavy (non-hydrogen) atoms. The van der Waals surface area contributed by atoms with E-state index in [2.05, 4.69) is 17.1 Å². The molecule has 5 atom stereocenters. The van der Waals surface area contributed by atoms with Crippen molar-refractivity contribution in [1.82, 2.24) is 9.55 Å². The topological polar surface area (TPSA) is 142 Å². The fraction of sp³-hybridized carbons (Fsp3) is 0.562. The van der Waals surface area contributed by atoms with Crippen LogP contribution in [-0.2, 0) is 16.1 Å². The Morgan fingerprint density at radius 2 is 2.00 bits per heavy atom. The highest BCUT2D eigenvalue weighted by Gasteiger charge is 2.45. The number of carbonyl (C=O) groups is 1. The number of carboxylic acid groups (broad SMARTS) is 1. The van der Waals surface area contributed by atoms with E-state index >= 15 is 0 Å². The van der Waals surface area contributed by atoms with Crippen LogP contribution in [0.5, 0.6) is 0 Å². The summed E-state index contributed by atoms with van der Waals surface area (Å²) in [7, 11) is -2.74. The van der Waals surface area contributed by atoms with E-state index in [0.717, 1.165) is 6.42 Å². The summed E-state index contributed by atoms with van der Waals surface area (Å²) in [5.41, 5.74) is -0.458. The molecule has 0 spiro atoms. The molecule has 0 saturated heterocycles. The number of nitrogens with one attached hydrogen (secondary N) is 1. The number of fused-ring (bicyclic) bond motifs is 2. The Kier molecular flexibility index (Phi) is 5.43. The third kappa shape index (κ3) is 3.66. The van der Waals surface area contributed by atoms with Crippen LogP contribution in [0.2, 0.25) is 0 Å². The first-order chi connectivity index (χ1) is 12.3. The van der Waals surface area contributed by atoms with Crippen molar-refractivity contribution in [3.8, 4) is 0 Å². The van der Waals surface area contributed by atoms with Crippen LogP contribution >= 0.6 is 8.38 Å². The van der Waals surface area contributed by atoms with E-state index in [9.17, 15) is 24.2 Å². The number of aromatic nitrogens is 2. The number of aryl methyl sites for hydroxylation is 1. The predicted molar refractivity (Wildman–Crippen MR) is 92.5 cm³/mol. The summed E-state index contributed by atoms with van der Waals surface area (Å²) in [6.07, 6.45) is 6.57. The maximum atomic E-state index is 12.1. The summed E-state index contributed by atoms with van der Waals surface area (Å²) in [5, 5.41) is 9.02. The van der Waals surface area contributed by atoms with E-state index in [1.54, 1.807) is 6.92 Å². The zero-order chi connectivity index (χ0) is 19.0. The molecule has 1 saturated carbocycles. The number of hydrogen-bond donors (Lipinski definition) is 4. The molecule has 10 heteroatoms. The Labute approximate surface area is 149 Å². The van der Waals surface area contributed by atoms with Crippen LogP contribution in [0.25, 0.3) is 0 Å². The standard InChI is InChI=1S/C16H21N2O7P/c1-8-5-18(16(22)17-13(8)19)6-11-9-2-3-10(4-9)12(11)7-25-15(14(20)21)26(23)24/h2-3,5,9-12,15,23-24H,4,6-7H2,1H3,(H,20,21)(H,17,19,22). The average molecular weight is 384 g/mol. The second-order valence-electron chi connectivity index (χ2n) is 6.84. The number of aromatic amines is 1. The van der Waals surface area contributed by atoms with Gasteiger partial charge in [-0.25, -0.2) is 9.59 Å². The van der Waals surface area contributed by atoms with Gasteiger partial charge in [-0.2, -0.15) is 0 Å². The molecule has 1 aromatic rings. The average Bonchev–Trinajstić information content (AvgIpc) is 3.14. The summed E-state index contributed by atoms with van der Waals surface area (Å²) in [6, 6.07) is 0. The van der Waals surface area contributed by atoms with Crippen LogP contribution in [-0.4, -0.2) is 42.9 Å². The normalized spacial score (nSPS) is 28.0. The summed E-state index contributed by atoms with van der Waals surface area (Å²) < 4.78 is 6.75. The molecule has 2 aliphatic rings. The van der Waals surface area contributed by atoms with Crippen LogP contribution in [0.1, 0.15) is 12.0 Å². The summed E-state index contributed by atoms with van der Waals surface area (Å²) >= 11 is 0. The van der Waals surface area contributed by atoms with Crippen LogP contribution in [0.3, 0.4) is 0 Å². The van der Waals surface area contributed by atoms with Crippen molar-refractivity contribution in [2.24, 2.45) is 23.7 Å². The fourth-order valence-corrected chi connectivity index (χ4v) is 4.38. The first kappa shape index (κ1) is 19.0. The fourth-order valence-electron chi connectivity index (χ4n) is 3.97. The van der Waals surface area contributed by atoms with Gasteiger partial charge >= 0.3 is 11.7 Å². The second-order valence-corrected chi connectivity index (χ2v) is 7.95. The van der Waals surface area contributed by atoms with Crippen LogP contribution in [0.15, 0.2) is 27.9 Å². The van der Waals surface area contributed by atoms with E-state index in [-0.39, 0.29) is 30.3 Å². The molecular formula is C16H21N2O7P. The van der Waals surface area contributed by atoms with Gasteiger partial charge in [0.25, 0.3) is 5.56 Å². The molecular weight excluding hydrogens is 363 g/mol. The van der Waals surface area contributed by atoms with Crippen LogP contribution in [0.4, 0.5) is 0 Å². The quantitative estimate of drug-likeness (QED) is 0.383. The van der Waals surface area contributed by atoms with E-state index in [1.165, 1.54) is 10.8 Å². The first-order valence-electron chi connectivity index (χ1n) is 8.28. The highest BCUT2D eigenvalue weighted by molar-refractivity contribution is 7.46. The molecule has 2 aliphatic carbocycles. The van der Waals surface area contributed by atoms with E-state index < -0.39 is 31.4 Å². The number of aliphatic carboxylic acids is 1. The lowest BCUT2D eigenvalue weighted by Gasteiger charge is -2.29. The summed E-state index contributed by atoms with van der Waals surface area (Å²) in [4.78, 5) is 55.3. The number of rotatable bonds is 7. The molecule has 0 aliphatic heterocycles. The van der Waals surface area contributed by atoms with E-state index in [4.69, 9.17) is 9.84 Å². The highest BCUT2D eigenvalue weighted by atomic mass is 31.2. The molecule has 1 aromatic heterocycles. The van der Waals surface area contributed by atoms with Gasteiger partial charge < -0.3 is 24.2 Å². The zero-order valence-corrected chi connectivity index (χ0v) is 15.0. The zero-order valence-electron chi connectivity index (χ0n) is 14.1. The number of ether oxygens (including phenoxy) is 1. The summed E-state index contributed by atoms with van der Waals surface area (Å²) in [5.74, 6) is -2.63. The minimum absolute atomic E-state index is 0.0334. The maximum Gasteiger partial charge on any atom is 0.342 e. The Balaban J connectivity index is 1.77. The molecule has 2 bridgehead atoms. The molecule has 0 amide bonds. The van der Waals surface area contributed by atoms with Gasteiger partial charge in [-0.3, -0.25) is 9.78 Å². The highest BCUT2D eigenvalue weighted by Crippen LogP contribution is 2.49. The van der Waals surface area contributed by atoms with Gasteiger partial charge in [0.1, 0.15) is 0 Å².